The zero-order valence-electron chi connectivity index (χ0n) is 7.36. The van der Waals surface area contributed by atoms with Gasteiger partial charge < -0.3 is 14.7 Å². The van der Waals surface area contributed by atoms with Crippen molar-refractivity contribution in [1.82, 2.24) is 9.80 Å². The Hall–Kier alpha value is -0.340. The lowest BCUT2D eigenvalue weighted by Crippen LogP contribution is -2.22. The van der Waals surface area contributed by atoms with Crippen molar-refractivity contribution in [3.05, 3.63) is 0 Å². The highest BCUT2D eigenvalue weighted by Gasteiger charge is 2.42. The van der Waals surface area contributed by atoms with Gasteiger partial charge in [0.15, 0.2) is 0 Å². The topological polar surface area (TPSA) is 38.6 Å². The van der Waals surface area contributed by atoms with Crippen molar-refractivity contribution in [2.24, 2.45) is 4.76 Å². The van der Waals surface area contributed by atoms with Gasteiger partial charge in [-0.25, -0.2) is 4.76 Å². The molecule has 0 aromatic carbocycles. The Morgan fingerprint density at radius 2 is 1.75 bits per heavy atom. The van der Waals surface area contributed by atoms with Crippen LogP contribution in [0.25, 0.3) is 0 Å². The van der Waals surface area contributed by atoms with Crippen molar-refractivity contribution in [2.75, 3.05) is 13.1 Å². The SMILES string of the molecule is CC1CN1C(=NPO)N1CC1C. The smallest absolute Gasteiger partial charge is 0.203 e. The summed E-state index contributed by atoms with van der Waals surface area (Å²) >= 11 is 0. The molecule has 2 aliphatic heterocycles. The van der Waals surface area contributed by atoms with Gasteiger partial charge in [0.2, 0.25) is 5.96 Å². The van der Waals surface area contributed by atoms with Crippen molar-refractivity contribution in [3.63, 3.8) is 0 Å². The van der Waals surface area contributed by atoms with Gasteiger partial charge in [0.05, 0.1) is 0 Å². The van der Waals surface area contributed by atoms with E-state index in [1.54, 1.807) is 0 Å². The van der Waals surface area contributed by atoms with E-state index >= 15 is 0 Å². The lowest BCUT2D eigenvalue weighted by Gasteiger charge is -2.09. The van der Waals surface area contributed by atoms with Crippen LogP contribution in [0.3, 0.4) is 0 Å². The van der Waals surface area contributed by atoms with Gasteiger partial charge in [-0.05, 0) is 13.8 Å². The van der Waals surface area contributed by atoms with Gasteiger partial charge in [-0.2, -0.15) is 0 Å². The van der Waals surface area contributed by atoms with Gasteiger partial charge >= 0.3 is 0 Å². The third-order valence-corrected chi connectivity index (χ3v) is 2.68. The maximum absolute atomic E-state index is 8.75. The molecule has 1 N–H and O–H groups in total. The number of hydrogen-bond acceptors (Lipinski definition) is 2. The summed E-state index contributed by atoms with van der Waals surface area (Å²) in [5.74, 6) is 0.996. The van der Waals surface area contributed by atoms with E-state index in [0.717, 1.165) is 19.0 Å². The fourth-order valence-electron chi connectivity index (χ4n) is 1.37. The lowest BCUT2D eigenvalue weighted by molar-refractivity contribution is 0.615. The van der Waals surface area contributed by atoms with Crippen LogP contribution in [0.15, 0.2) is 4.76 Å². The van der Waals surface area contributed by atoms with Crippen LogP contribution in [0.1, 0.15) is 13.8 Å². The number of hydrogen-bond donors (Lipinski definition) is 1. The van der Waals surface area contributed by atoms with Gasteiger partial charge in [-0.15, -0.1) is 0 Å². The summed E-state index contributed by atoms with van der Waals surface area (Å²) < 4.78 is 4.10. The molecule has 3 unspecified atom stereocenters. The third kappa shape index (κ3) is 1.41. The van der Waals surface area contributed by atoms with Crippen LogP contribution >= 0.6 is 8.96 Å². The van der Waals surface area contributed by atoms with E-state index in [1.807, 2.05) is 0 Å². The first-order chi connectivity index (χ1) is 5.74. The summed E-state index contributed by atoms with van der Waals surface area (Å²) in [6.45, 7) is 6.52. The summed E-state index contributed by atoms with van der Waals surface area (Å²) in [5.41, 5.74) is 0. The van der Waals surface area contributed by atoms with Crippen molar-refractivity contribution >= 4 is 14.9 Å². The Labute approximate surface area is 74.2 Å². The second kappa shape index (κ2) is 2.86. The van der Waals surface area contributed by atoms with Crippen molar-refractivity contribution in [1.29, 1.82) is 0 Å². The normalized spacial score (nSPS) is 32.9. The van der Waals surface area contributed by atoms with E-state index in [1.165, 1.54) is 0 Å². The molecular weight excluding hydrogens is 173 g/mol. The van der Waals surface area contributed by atoms with E-state index < -0.39 is 0 Å². The van der Waals surface area contributed by atoms with Gasteiger partial charge in [0.25, 0.3) is 0 Å². The Balaban J connectivity index is 1.99. The molecule has 4 nitrogen and oxygen atoms in total. The molecule has 0 radical (unpaired) electrons. The highest BCUT2D eigenvalue weighted by Crippen LogP contribution is 2.28. The van der Waals surface area contributed by atoms with Crippen LogP contribution in [0, 0.1) is 0 Å². The largest absolute Gasteiger partial charge is 0.356 e. The maximum Gasteiger partial charge on any atom is 0.203 e. The minimum Gasteiger partial charge on any atom is -0.356 e. The molecule has 0 bridgehead atoms. The standard InChI is InChI=1S/C7H14N3OP/c1-5-3-9(5)7(8-12-11)10-4-6(10)2/h5-6,11-12H,3-4H2,1-2H3. The summed E-state index contributed by atoms with van der Waals surface area (Å²) in [5, 5.41) is 0. The van der Waals surface area contributed by atoms with Gasteiger partial charge in [0.1, 0.15) is 8.96 Å². The van der Waals surface area contributed by atoms with Crippen LogP contribution in [0.4, 0.5) is 0 Å². The van der Waals surface area contributed by atoms with Gasteiger partial charge in [0, 0.05) is 25.2 Å². The first kappa shape index (κ1) is 8.27. The highest BCUT2D eigenvalue weighted by atomic mass is 31.1. The van der Waals surface area contributed by atoms with Crippen LogP contribution in [0.5, 0.6) is 0 Å². The van der Waals surface area contributed by atoms with E-state index in [9.17, 15) is 0 Å². The third-order valence-electron chi connectivity index (χ3n) is 2.38. The van der Waals surface area contributed by atoms with E-state index in [2.05, 4.69) is 28.4 Å². The molecule has 2 saturated heterocycles. The number of guanidine groups is 1. The second-order valence-corrected chi connectivity index (χ2v) is 3.94. The summed E-state index contributed by atoms with van der Waals surface area (Å²) in [6, 6.07) is 1.24. The summed E-state index contributed by atoms with van der Waals surface area (Å²) in [7, 11) is -0.312. The molecule has 2 aliphatic rings. The quantitative estimate of drug-likeness (QED) is 0.277. The molecule has 2 rings (SSSR count). The van der Waals surface area contributed by atoms with E-state index in [-0.39, 0.29) is 8.96 Å². The van der Waals surface area contributed by atoms with Crippen LogP contribution < -0.4 is 0 Å². The van der Waals surface area contributed by atoms with E-state index in [4.69, 9.17) is 4.89 Å². The van der Waals surface area contributed by atoms with Crippen LogP contribution in [-0.2, 0) is 0 Å². The molecule has 12 heavy (non-hydrogen) atoms. The second-order valence-electron chi connectivity index (χ2n) is 3.51. The predicted octanol–water partition coefficient (Wildman–Crippen LogP) is 0.251. The highest BCUT2D eigenvalue weighted by molar-refractivity contribution is 7.29. The molecule has 0 amide bonds. The fourth-order valence-corrected chi connectivity index (χ4v) is 1.72. The average molecular weight is 187 g/mol. The summed E-state index contributed by atoms with van der Waals surface area (Å²) in [4.78, 5) is 13.2. The molecule has 0 aromatic heterocycles. The van der Waals surface area contributed by atoms with Crippen LogP contribution in [-0.4, -0.2) is 45.8 Å². The van der Waals surface area contributed by atoms with Crippen LogP contribution in [0.2, 0.25) is 0 Å². The Kier molecular flexibility index (Phi) is 1.97. The molecule has 0 saturated carbocycles. The maximum atomic E-state index is 8.75. The predicted molar refractivity (Wildman–Crippen MR) is 50.3 cm³/mol. The minimum absolute atomic E-state index is 0.312. The Morgan fingerprint density at radius 1 is 1.33 bits per heavy atom. The number of nitrogens with zero attached hydrogens (tertiary/aromatic N) is 3. The molecule has 5 heteroatoms. The zero-order valence-corrected chi connectivity index (χ0v) is 8.36. The number of rotatable bonds is 1. The fraction of sp³-hybridized carbons (Fsp3) is 0.857. The van der Waals surface area contributed by atoms with Crippen molar-refractivity contribution in [2.45, 2.75) is 25.9 Å². The molecule has 3 atom stereocenters. The molecule has 68 valence electrons. The molecule has 2 heterocycles. The zero-order chi connectivity index (χ0) is 8.72. The van der Waals surface area contributed by atoms with Crippen molar-refractivity contribution < 1.29 is 4.89 Å². The molecule has 2 fully saturated rings. The lowest BCUT2D eigenvalue weighted by atomic mass is 10.6. The first-order valence-electron chi connectivity index (χ1n) is 4.24. The van der Waals surface area contributed by atoms with Gasteiger partial charge in [-0.3, -0.25) is 0 Å². The Morgan fingerprint density at radius 3 is 2.00 bits per heavy atom. The molecular formula is C7H14N3OP. The average Bonchev–Trinajstić information content (AvgIpc) is 2.88. The summed E-state index contributed by atoms with van der Waals surface area (Å²) in [6.07, 6.45) is 0. The van der Waals surface area contributed by atoms with Gasteiger partial charge in [-0.1, -0.05) is 0 Å². The van der Waals surface area contributed by atoms with E-state index in [0.29, 0.717) is 12.1 Å². The minimum atomic E-state index is -0.312. The Bertz CT molecular complexity index is 203. The molecule has 0 spiro atoms. The van der Waals surface area contributed by atoms with Crippen molar-refractivity contribution in [3.8, 4) is 0 Å². The molecule has 0 aromatic rings. The molecule has 0 aliphatic carbocycles. The monoisotopic (exact) mass is 187 g/mol. The first-order valence-corrected chi connectivity index (χ1v) is 5.13.